The van der Waals surface area contributed by atoms with E-state index in [1.165, 1.54) is 6.92 Å². The Morgan fingerprint density at radius 2 is 1.58 bits per heavy atom. The molecule has 7 heteroatoms. The minimum atomic E-state index is -0.185. The Balaban J connectivity index is 1.54. The average molecular weight is 424 g/mol. The first-order chi connectivity index (χ1) is 14.8. The van der Waals surface area contributed by atoms with Crippen LogP contribution in [0.25, 0.3) is 0 Å². The van der Waals surface area contributed by atoms with Crippen molar-refractivity contribution in [1.29, 1.82) is 0 Å². The first kappa shape index (κ1) is 22.3. The van der Waals surface area contributed by atoms with Gasteiger partial charge in [-0.1, -0.05) is 18.2 Å². The number of nitrogens with zero attached hydrogens (tertiary/aromatic N) is 2. The molecule has 3 amide bonds. The van der Waals surface area contributed by atoms with E-state index in [4.69, 9.17) is 4.74 Å². The molecule has 2 aromatic carbocycles. The van der Waals surface area contributed by atoms with Crippen LogP contribution in [0.5, 0.6) is 5.75 Å². The maximum absolute atomic E-state index is 12.8. The highest BCUT2D eigenvalue weighted by atomic mass is 16.5. The molecule has 0 atom stereocenters. The summed E-state index contributed by atoms with van der Waals surface area (Å²) in [4.78, 5) is 40.1. The lowest BCUT2D eigenvalue weighted by Crippen LogP contribution is -2.51. The number of hydrogen-bond donors (Lipinski definition) is 1. The average Bonchev–Trinajstić information content (AvgIpc) is 2.75. The highest BCUT2D eigenvalue weighted by Gasteiger charge is 2.25. The van der Waals surface area contributed by atoms with Crippen LogP contribution < -0.4 is 10.1 Å². The second kappa shape index (κ2) is 9.64. The van der Waals surface area contributed by atoms with Crippen molar-refractivity contribution < 1.29 is 19.1 Å². The van der Waals surface area contributed by atoms with Gasteiger partial charge < -0.3 is 19.9 Å². The lowest BCUT2D eigenvalue weighted by atomic mass is 10.1. The van der Waals surface area contributed by atoms with Crippen LogP contribution in [0, 0.1) is 20.8 Å². The lowest BCUT2D eigenvalue weighted by Gasteiger charge is -2.35. The third kappa shape index (κ3) is 5.42. The van der Waals surface area contributed by atoms with Gasteiger partial charge in [0.05, 0.1) is 0 Å². The van der Waals surface area contributed by atoms with Crippen molar-refractivity contribution in [3.05, 3.63) is 58.7 Å². The predicted molar refractivity (Wildman–Crippen MR) is 119 cm³/mol. The summed E-state index contributed by atoms with van der Waals surface area (Å²) < 4.78 is 5.85. The topological polar surface area (TPSA) is 79.0 Å². The Hall–Kier alpha value is -3.35. The number of benzene rings is 2. The third-order valence-electron chi connectivity index (χ3n) is 5.56. The number of ether oxygens (including phenoxy) is 1. The van der Waals surface area contributed by atoms with Crippen LogP contribution in [0.3, 0.4) is 0 Å². The molecule has 7 nitrogen and oxygen atoms in total. The summed E-state index contributed by atoms with van der Waals surface area (Å²) in [7, 11) is 0. The first-order valence-electron chi connectivity index (χ1n) is 10.4. The smallest absolute Gasteiger partial charge is 0.260 e. The van der Waals surface area contributed by atoms with E-state index >= 15 is 0 Å². The highest BCUT2D eigenvalue weighted by molar-refractivity contribution is 5.97. The molecule has 0 aromatic heterocycles. The highest BCUT2D eigenvalue weighted by Crippen LogP contribution is 2.25. The van der Waals surface area contributed by atoms with Crippen LogP contribution in [0.4, 0.5) is 5.69 Å². The molecule has 0 spiro atoms. The molecule has 0 bridgehead atoms. The van der Waals surface area contributed by atoms with Crippen molar-refractivity contribution in [3.63, 3.8) is 0 Å². The SMILES string of the molecule is CC(=O)Nc1cccc(C(=O)N2CCN(C(=O)COc3c(C)ccc(C)c3C)CC2)c1. The monoisotopic (exact) mass is 423 g/mol. The Morgan fingerprint density at radius 3 is 2.26 bits per heavy atom. The van der Waals surface area contributed by atoms with E-state index in [0.29, 0.717) is 37.4 Å². The Kier molecular flexibility index (Phi) is 6.95. The molecule has 2 aromatic rings. The predicted octanol–water partition coefficient (Wildman–Crippen LogP) is 2.93. The van der Waals surface area contributed by atoms with Gasteiger partial charge in [0.25, 0.3) is 11.8 Å². The molecule has 1 N–H and O–H groups in total. The number of rotatable bonds is 5. The molecule has 31 heavy (non-hydrogen) atoms. The molecular weight excluding hydrogens is 394 g/mol. The van der Waals surface area contributed by atoms with Gasteiger partial charge in [0.2, 0.25) is 5.91 Å². The Labute approximate surface area is 183 Å². The van der Waals surface area contributed by atoms with E-state index < -0.39 is 0 Å². The lowest BCUT2D eigenvalue weighted by molar-refractivity contribution is -0.134. The van der Waals surface area contributed by atoms with E-state index in [2.05, 4.69) is 5.32 Å². The number of amides is 3. The van der Waals surface area contributed by atoms with Crippen molar-refractivity contribution in [2.45, 2.75) is 27.7 Å². The van der Waals surface area contributed by atoms with E-state index in [1.54, 1.807) is 34.1 Å². The van der Waals surface area contributed by atoms with Crippen molar-refractivity contribution in [2.24, 2.45) is 0 Å². The molecule has 1 fully saturated rings. The zero-order valence-corrected chi connectivity index (χ0v) is 18.5. The van der Waals surface area contributed by atoms with Gasteiger partial charge in [-0.15, -0.1) is 0 Å². The fourth-order valence-electron chi connectivity index (χ4n) is 3.65. The summed E-state index contributed by atoms with van der Waals surface area (Å²) >= 11 is 0. The first-order valence-corrected chi connectivity index (χ1v) is 10.4. The second-order valence-corrected chi connectivity index (χ2v) is 7.88. The third-order valence-corrected chi connectivity index (χ3v) is 5.56. The van der Waals surface area contributed by atoms with Gasteiger partial charge in [0.1, 0.15) is 5.75 Å². The number of anilines is 1. The van der Waals surface area contributed by atoms with Gasteiger partial charge in [-0.25, -0.2) is 0 Å². The molecule has 0 saturated carbocycles. The number of nitrogens with one attached hydrogen (secondary N) is 1. The molecule has 0 radical (unpaired) electrons. The number of piperazine rings is 1. The summed E-state index contributed by atoms with van der Waals surface area (Å²) in [6.45, 7) is 9.23. The van der Waals surface area contributed by atoms with Gasteiger partial charge >= 0.3 is 0 Å². The van der Waals surface area contributed by atoms with Crippen molar-refractivity contribution in [3.8, 4) is 5.75 Å². The quantitative estimate of drug-likeness (QED) is 0.802. The molecule has 164 valence electrons. The van der Waals surface area contributed by atoms with Crippen LogP contribution in [0.2, 0.25) is 0 Å². The molecular formula is C24H29N3O4. The van der Waals surface area contributed by atoms with Crippen molar-refractivity contribution in [1.82, 2.24) is 9.80 Å². The zero-order valence-electron chi connectivity index (χ0n) is 18.5. The van der Waals surface area contributed by atoms with Crippen LogP contribution in [0.1, 0.15) is 34.0 Å². The maximum Gasteiger partial charge on any atom is 0.260 e. The van der Waals surface area contributed by atoms with E-state index in [1.807, 2.05) is 32.9 Å². The van der Waals surface area contributed by atoms with E-state index in [9.17, 15) is 14.4 Å². The van der Waals surface area contributed by atoms with Crippen LogP contribution in [0.15, 0.2) is 36.4 Å². The summed E-state index contributed by atoms with van der Waals surface area (Å²) in [5.74, 6) is 0.387. The molecule has 3 rings (SSSR count). The second-order valence-electron chi connectivity index (χ2n) is 7.88. The summed E-state index contributed by atoms with van der Waals surface area (Å²) in [6.07, 6.45) is 0. The van der Waals surface area contributed by atoms with Gasteiger partial charge in [0.15, 0.2) is 6.61 Å². The van der Waals surface area contributed by atoms with Gasteiger partial charge in [0, 0.05) is 44.4 Å². The van der Waals surface area contributed by atoms with Gasteiger partial charge in [-0.3, -0.25) is 14.4 Å². The minimum absolute atomic E-state index is 0.0160. The molecule has 1 heterocycles. The number of carbonyl (C=O) groups excluding carboxylic acids is 3. The fraction of sp³-hybridized carbons (Fsp3) is 0.375. The summed E-state index contributed by atoms with van der Waals surface area (Å²) in [6, 6.07) is 10.9. The number of carbonyl (C=O) groups is 3. The van der Waals surface area contributed by atoms with Crippen LogP contribution >= 0.6 is 0 Å². The largest absolute Gasteiger partial charge is 0.483 e. The maximum atomic E-state index is 12.8. The van der Waals surface area contributed by atoms with E-state index in [0.717, 1.165) is 22.4 Å². The summed E-state index contributed by atoms with van der Waals surface area (Å²) in [5, 5.41) is 2.69. The molecule has 1 aliphatic rings. The number of hydrogen-bond acceptors (Lipinski definition) is 4. The molecule has 0 unspecified atom stereocenters. The molecule has 0 aliphatic carbocycles. The Bertz CT molecular complexity index is 994. The van der Waals surface area contributed by atoms with Gasteiger partial charge in [-0.05, 0) is 55.7 Å². The van der Waals surface area contributed by atoms with Crippen LogP contribution in [-0.2, 0) is 9.59 Å². The van der Waals surface area contributed by atoms with Crippen LogP contribution in [-0.4, -0.2) is 60.3 Å². The normalized spacial score (nSPS) is 13.7. The zero-order chi connectivity index (χ0) is 22.5. The Morgan fingerprint density at radius 1 is 0.935 bits per heavy atom. The van der Waals surface area contributed by atoms with E-state index in [-0.39, 0.29) is 24.3 Å². The van der Waals surface area contributed by atoms with Gasteiger partial charge in [-0.2, -0.15) is 0 Å². The van der Waals surface area contributed by atoms with Crippen molar-refractivity contribution in [2.75, 3.05) is 38.1 Å². The molecule has 1 aliphatic heterocycles. The molecule has 1 saturated heterocycles. The standard InChI is InChI=1S/C24H29N3O4/c1-16-8-9-17(2)23(18(16)3)31-15-22(29)26-10-12-27(13-11-26)24(30)20-6-5-7-21(14-20)25-19(4)28/h5-9,14H,10-13,15H2,1-4H3,(H,25,28). The summed E-state index contributed by atoms with van der Waals surface area (Å²) in [5.41, 5.74) is 4.28. The number of aryl methyl sites for hydroxylation is 2. The minimum Gasteiger partial charge on any atom is -0.483 e. The van der Waals surface area contributed by atoms with Crippen molar-refractivity contribution >= 4 is 23.4 Å². The fourth-order valence-corrected chi connectivity index (χ4v) is 3.65.